The number of furan rings is 1. The number of fused-ring (bicyclic) bond motifs is 1. The summed E-state index contributed by atoms with van der Waals surface area (Å²) in [6, 6.07) is 8.13. The number of anilines is 1. The number of nitro groups is 1. The van der Waals surface area contributed by atoms with Crippen LogP contribution in [0.4, 0.5) is 15.8 Å². The van der Waals surface area contributed by atoms with Gasteiger partial charge in [0.2, 0.25) is 5.76 Å². The standard InChI is InChI=1S/C19H15FN2O7/c1-10-12-4-3-5-13(20)18(12)29-17(10)19(24)28-9-16(23)21-14-7-6-11(27-2)8-15(14)22(25)26/h3-8H,9H2,1-2H3,(H,21,23). The van der Waals surface area contributed by atoms with Gasteiger partial charge in [-0.25, -0.2) is 9.18 Å². The van der Waals surface area contributed by atoms with Gasteiger partial charge in [0.15, 0.2) is 18.0 Å². The summed E-state index contributed by atoms with van der Waals surface area (Å²) in [6.07, 6.45) is 0. The monoisotopic (exact) mass is 402 g/mol. The molecule has 0 fully saturated rings. The molecule has 3 aromatic rings. The normalized spacial score (nSPS) is 10.6. The van der Waals surface area contributed by atoms with E-state index >= 15 is 0 Å². The third kappa shape index (κ3) is 4.00. The Hall–Kier alpha value is -3.95. The second-order valence-corrected chi connectivity index (χ2v) is 5.94. The van der Waals surface area contributed by atoms with Gasteiger partial charge in [-0.1, -0.05) is 12.1 Å². The molecule has 0 aliphatic rings. The molecule has 0 radical (unpaired) electrons. The third-order valence-corrected chi connectivity index (χ3v) is 4.11. The minimum absolute atomic E-state index is 0.0844. The Morgan fingerprint density at radius 3 is 2.69 bits per heavy atom. The number of ether oxygens (including phenoxy) is 2. The van der Waals surface area contributed by atoms with Crippen molar-refractivity contribution in [2.24, 2.45) is 0 Å². The number of hydrogen-bond acceptors (Lipinski definition) is 7. The van der Waals surface area contributed by atoms with Gasteiger partial charge < -0.3 is 19.2 Å². The van der Waals surface area contributed by atoms with Crippen molar-refractivity contribution in [1.82, 2.24) is 0 Å². The molecule has 1 heterocycles. The quantitative estimate of drug-likeness (QED) is 0.380. The number of rotatable bonds is 6. The number of nitro benzene ring substituents is 1. The molecule has 0 saturated carbocycles. The first kappa shape index (κ1) is 19.8. The van der Waals surface area contributed by atoms with Crippen LogP contribution in [-0.2, 0) is 9.53 Å². The van der Waals surface area contributed by atoms with E-state index in [0.717, 1.165) is 6.07 Å². The van der Waals surface area contributed by atoms with Gasteiger partial charge >= 0.3 is 5.97 Å². The van der Waals surface area contributed by atoms with E-state index in [-0.39, 0.29) is 28.5 Å². The van der Waals surface area contributed by atoms with Gasteiger partial charge in [0.05, 0.1) is 18.1 Å². The van der Waals surface area contributed by atoms with E-state index in [1.165, 1.54) is 31.4 Å². The summed E-state index contributed by atoms with van der Waals surface area (Å²) in [5, 5.41) is 13.9. The summed E-state index contributed by atoms with van der Waals surface area (Å²) in [5.41, 5.74) is -0.183. The summed E-state index contributed by atoms with van der Waals surface area (Å²) >= 11 is 0. The largest absolute Gasteiger partial charge is 0.496 e. The van der Waals surface area contributed by atoms with Crippen LogP contribution in [0.25, 0.3) is 11.0 Å². The molecule has 1 N–H and O–H groups in total. The average Bonchev–Trinajstić information content (AvgIpc) is 3.04. The van der Waals surface area contributed by atoms with Crippen molar-refractivity contribution in [2.45, 2.75) is 6.92 Å². The predicted molar refractivity (Wildman–Crippen MR) is 99.5 cm³/mol. The Balaban J connectivity index is 1.70. The highest BCUT2D eigenvalue weighted by atomic mass is 19.1. The smallest absolute Gasteiger partial charge is 0.375 e. The topological polar surface area (TPSA) is 121 Å². The molecule has 0 aliphatic heterocycles. The molecule has 150 valence electrons. The number of para-hydroxylation sites is 1. The lowest BCUT2D eigenvalue weighted by Crippen LogP contribution is -2.21. The molecule has 3 rings (SSSR count). The van der Waals surface area contributed by atoms with Gasteiger partial charge in [-0.3, -0.25) is 14.9 Å². The molecule has 0 spiro atoms. The predicted octanol–water partition coefficient (Wildman–Crippen LogP) is 3.59. The Kier molecular flexibility index (Phi) is 5.44. The van der Waals surface area contributed by atoms with Crippen molar-refractivity contribution < 1.29 is 32.8 Å². The molecule has 1 amide bonds. The number of nitrogens with zero attached hydrogens (tertiary/aromatic N) is 1. The number of amides is 1. The van der Waals surface area contributed by atoms with Crippen LogP contribution in [0.3, 0.4) is 0 Å². The second kappa shape index (κ2) is 7.97. The van der Waals surface area contributed by atoms with Gasteiger partial charge in [0.25, 0.3) is 11.6 Å². The zero-order valence-electron chi connectivity index (χ0n) is 15.4. The van der Waals surface area contributed by atoms with Crippen molar-refractivity contribution in [3.8, 4) is 5.75 Å². The second-order valence-electron chi connectivity index (χ2n) is 5.94. The van der Waals surface area contributed by atoms with Crippen molar-refractivity contribution in [2.75, 3.05) is 19.0 Å². The maximum Gasteiger partial charge on any atom is 0.375 e. The number of carbonyl (C=O) groups is 2. The summed E-state index contributed by atoms with van der Waals surface area (Å²) in [5.74, 6) is -2.37. The van der Waals surface area contributed by atoms with Crippen molar-refractivity contribution in [3.05, 3.63) is 63.7 Å². The molecule has 10 heteroatoms. The van der Waals surface area contributed by atoms with E-state index in [4.69, 9.17) is 13.9 Å². The van der Waals surface area contributed by atoms with Crippen LogP contribution < -0.4 is 10.1 Å². The lowest BCUT2D eigenvalue weighted by atomic mass is 10.1. The molecule has 0 bridgehead atoms. The maximum atomic E-state index is 13.8. The Morgan fingerprint density at radius 1 is 1.28 bits per heavy atom. The zero-order chi connectivity index (χ0) is 21.1. The van der Waals surface area contributed by atoms with E-state index in [0.29, 0.717) is 10.9 Å². The first-order valence-electron chi connectivity index (χ1n) is 8.29. The minimum Gasteiger partial charge on any atom is -0.496 e. The zero-order valence-corrected chi connectivity index (χ0v) is 15.4. The molecular formula is C19H15FN2O7. The number of carbonyl (C=O) groups excluding carboxylic acids is 2. The summed E-state index contributed by atoms with van der Waals surface area (Å²) in [6.45, 7) is 0.837. The lowest BCUT2D eigenvalue weighted by Gasteiger charge is -2.08. The van der Waals surface area contributed by atoms with E-state index < -0.39 is 29.2 Å². The Morgan fingerprint density at radius 2 is 2.03 bits per heavy atom. The molecule has 9 nitrogen and oxygen atoms in total. The van der Waals surface area contributed by atoms with Crippen molar-refractivity contribution >= 4 is 34.2 Å². The summed E-state index contributed by atoms with van der Waals surface area (Å²) < 4.78 is 28.8. The number of hydrogen-bond donors (Lipinski definition) is 1. The number of aryl methyl sites for hydroxylation is 1. The molecule has 0 saturated heterocycles. The Bertz CT molecular complexity index is 1120. The number of nitrogens with one attached hydrogen (secondary N) is 1. The van der Waals surface area contributed by atoms with Crippen LogP contribution in [0.15, 0.2) is 40.8 Å². The lowest BCUT2D eigenvalue weighted by molar-refractivity contribution is -0.384. The molecular weight excluding hydrogens is 387 g/mol. The molecule has 0 aliphatic carbocycles. The van der Waals surface area contributed by atoms with Crippen molar-refractivity contribution in [1.29, 1.82) is 0 Å². The molecule has 0 atom stereocenters. The maximum absolute atomic E-state index is 13.8. The number of halogens is 1. The molecule has 1 aromatic heterocycles. The van der Waals surface area contributed by atoms with E-state index in [1.54, 1.807) is 13.0 Å². The number of esters is 1. The van der Waals surface area contributed by atoms with E-state index in [1.807, 2.05) is 0 Å². The highest BCUT2D eigenvalue weighted by Gasteiger charge is 2.22. The minimum atomic E-state index is -0.961. The fourth-order valence-electron chi connectivity index (χ4n) is 2.68. The van der Waals surface area contributed by atoms with Gasteiger partial charge in [-0.15, -0.1) is 0 Å². The molecule has 2 aromatic carbocycles. The van der Waals surface area contributed by atoms with Gasteiger partial charge in [-0.05, 0) is 25.1 Å². The van der Waals surface area contributed by atoms with Crippen LogP contribution in [0, 0.1) is 22.9 Å². The van der Waals surface area contributed by atoms with Crippen LogP contribution in [0.2, 0.25) is 0 Å². The highest BCUT2D eigenvalue weighted by Crippen LogP contribution is 2.29. The fourth-order valence-corrected chi connectivity index (χ4v) is 2.68. The highest BCUT2D eigenvalue weighted by molar-refractivity contribution is 5.99. The van der Waals surface area contributed by atoms with E-state index in [9.17, 15) is 24.1 Å². The van der Waals surface area contributed by atoms with E-state index in [2.05, 4.69) is 5.32 Å². The van der Waals surface area contributed by atoms with Crippen LogP contribution in [-0.4, -0.2) is 30.5 Å². The number of methoxy groups -OCH3 is 1. The van der Waals surface area contributed by atoms with Crippen LogP contribution in [0.5, 0.6) is 5.75 Å². The summed E-state index contributed by atoms with van der Waals surface area (Å²) in [4.78, 5) is 34.7. The average molecular weight is 402 g/mol. The first-order chi connectivity index (χ1) is 13.8. The van der Waals surface area contributed by atoms with Gasteiger partial charge in [-0.2, -0.15) is 0 Å². The molecule has 29 heavy (non-hydrogen) atoms. The van der Waals surface area contributed by atoms with Gasteiger partial charge in [0, 0.05) is 10.9 Å². The third-order valence-electron chi connectivity index (χ3n) is 4.11. The van der Waals surface area contributed by atoms with Crippen LogP contribution >= 0.6 is 0 Å². The van der Waals surface area contributed by atoms with Crippen LogP contribution in [0.1, 0.15) is 16.1 Å². The van der Waals surface area contributed by atoms with Gasteiger partial charge in [0.1, 0.15) is 11.4 Å². The SMILES string of the molecule is COc1ccc(NC(=O)COC(=O)c2oc3c(F)cccc3c2C)c([N+](=O)[O-])c1. The number of benzene rings is 2. The van der Waals surface area contributed by atoms with Crippen molar-refractivity contribution in [3.63, 3.8) is 0 Å². The summed E-state index contributed by atoms with van der Waals surface area (Å²) in [7, 11) is 1.35. The Labute approximate surface area is 163 Å². The molecule has 0 unspecified atom stereocenters. The fraction of sp³-hybridized carbons (Fsp3) is 0.158. The first-order valence-corrected chi connectivity index (χ1v) is 8.29.